The SMILES string of the molecule is COc1cccc(CNc2cc(N)cc(F)c2)c1. The van der Waals surface area contributed by atoms with Crippen LogP contribution in [0.2, 0.25) is 0 Å². The van der Waals surface area contributed by atoms with E-state index in [0.29, 0.717) is 17.9 Å². The summed E-state index contributed by atoms with van der Waals surface area (Å²) < 4.78 is 18.3. The summed E-state index contributed by atoms with van der Waals surface area (Å²) >= 11 is 0. The van der Waals surface area contributed by atoms with Gasteiger partial charge in [-0.05, 0) is 35.9 Å². The molecule has 0 aromatic heterocycles. The van der Waals surface area contributed by atoms with E-state index in [-0.39, 0.29) is 5.82 Å². The van der Waals surface area contributed by atoms with Gasteiger partial charge in [0.1, 0.15) is 11.6 Å². The molecule has 0 aliphatic heterocycles. The molecule has 94 valence electrons. The van der Waals surface area contributed by atoms with Crippen LogP contribution >= 0.6 is 0 Å². The molecule has 0 fully saturated rings. The van der Waals surface area contributed by atoms with Crippen LogP contribution in [0.15, 0.2) is 42.5 Å². The minimum Gasteiger partial charge on any atom is -0.497 e. The van der Waals surface area contributed by atoms with E-state index in [4.69, 9.17) is 10.5 Å². The Balaban J connectivity index is 2.06. The first-order valence-corrected chi connectivity index (χ1v) is 5.60. The third-order valence-electron chi connectivity index (χ3n) is 2.55. The molecule has 0 saturated carbocycles. The van der Waals surface area contributed by atoms with Crippen LogP contribution < -0.4 is 15.8 Å². The molecule has 0 saturated heterocycles. The first-order valence-electron chi connectivity index (χ1n) is 5.60. The topological polar surface area (TPSA) is 47.3 Å². The number of hydrogen-bond donors (Lipinski definition) is 2. The molecular formula is C14H15FN2O. The number of rotatable bonds is 4. The Morgan fingerprint density at radius 3 is 2.78 bits per heavy atom. The van der Waals surface area contributed by atoms with Gasteiger partial charge in [-0.15, -0.1) is 0 Å². The van der Waals surface area contributed by atoms with Gasteiger partial charge in [-0.3, -0.25) is 0 Å². The van der Waals surface area contributed by atoms with Crippen LogP contribution in [0.3, 0.4) is 0 Å². The van der Waals surface area contributed by atoms with Crippen molar-refractivity contribution >= 4 is 11.4 Å². The molecule has 0 radical (unpaired) electrons. The van der Waals surface area contributed by atoms with E-state index >= 15 is 0 Å². The predicted octanol–water partition coefficient (Wildman–Crippen LogP) is 3.03. The molecule has 0 unspecified atom stereocenters. The Morgan fingerprint density at radius 1 is 1.22 bits per heavy atom. The van der Waals surface area contributed by atoms with Crippen molar-refractivity contribution in [2.45, 2.75) is 6.54 Å². The quantitative estimate of drug-likeness (QED) is 0.815. The van der Waals surface area contributed by atoms with Crippen molar-refractivity contribution in [2.75, 3.05) is 18.2 Å². The smallest absolute Gasteiger partial charge is 0.127 e. The number of halogens is 1. The molecule has 0 aliphatic carbocycles. The number of hydrogen-bond acceptors (Lipinski definition) is 3. The summed E-state index contributed by atoms with van der Waals surface area (Å²) in [6.45, 7) is 0.583. The normalized spacial score (nSPS) is 10.1. The van der Waals surface area contributed by atoms with Crippen molar-refractivity contribution in [2.24, 2.45) is 0 Å². The number of anilines is 2. The van der Waals surface area contributed by atoms with Gasteiger partial charge in [0.2, 0.25) is 0 Å². The average molecular weight is 246 g/mol. The summed E-state index contributed by atoms with van der Waals surface area (Å²) in [6.07, 6.45) is 0. The number of ether oxygens (including phenoxy) is 1. The first kappa shape index (κ1) is 12.2. The molecule has 2 rings (SSSR count). The van der Waals surface area contributed by atoms with Gasteiger partial charge in [-0.25, -0.2) is 4.39 Å². The second-order valence-corrected chi connectivity index (χ2v) is 3.98. The second kappa shape index (κ2) is 5.40. The van der Waals surface area contributed by atoms with Crippen molar-refractivity contribution in [1.29, 1.82) is 0 Å². The molecule has 0 spiro atoms. The summed E-state index contributed by atoms with van der Waals surface area (Å²) in [5.74, 6) is 0.455. The first-order chi connectivity index (χ1) is 8.67. The highest BCUT2D eigenvalue weighted by atomic mass is 19.1. The fraction of sp³-hybridized carbons (Fsp3) is 0.143. The van der Waals surface area contributed by atoms with E-state index in [1.807, 2.05) is 24.3 Å². The van der Waals surface area contributed by atoms with E-state index in [0.717, 1.165) is 11.3 Å². The zero-order valence-corrected chi connectivity index (χ0v) is 10.1. The lowest BCUT2D eigenvalue weighted by atomic mass is 10.2. The summed E-state index contributed by atoms with van der Waals surface area (Å²) in [4.78, 5) is 0. The van der Waals surface area contributed by atoms with Gasteiger partial charge in [0.25, 0.3) is 0 Å². The lowest BCUT2D eigenvalue weighted by molar-refractivity contribution is 0.414. The monoisotopic (exact) mass is 246 g/mol. The zero-order chi connectivity index (χ0) is 13.0. The highest BCUT2D eigenvalue weighted by molar-refractivity contribution is 5.54. The van der Waals surface area contributed by atoms with Crippen LogP contribution in [0.4, 0.5) is 15.8 Å². The molecule has 0 atom stereocenters. The van der Waals surface area contributed by atoms with Gasteiger partial charge >= 0.3 is 0 Å². The van der Waals surface area contributed by atoms with Crippen molar-refractivity contribution in [3.63, 3.8) is 0 Å². The fourth-order valence-electron chi connectivity index (χ4n) is 1.70. The summed E-state index contributed by atoms with van der Waals surface area (Å²) in [5.41, 5.74) is 7.70. The van der Waals surface area contributed by atoms with E-state index < -0.39 is 0 Å². The van der Waals surface area contributed by atoms with Crippen molar-refractivity contribution < 1.29 is 9.13 Å². The molecule has 0 heterocycles. The standard InChI is InChI=1S/C14H15FN2O/c1-18-14-4-2-3-10(5-14)9-17-13-7-11(15)6-12(16)8-13/h2-8,17H,9,16H2,1H3. The lowest BCUT2D eigenvalue weighted by Crippen LogP contribution is -2.01. The Kier molecular flexibility index (Phi) is 3.67. The molecule has 0 aliphatic rings. The van der Waals surface area contributed by atoms with Crippen LogP contribution in [-0.4, -0.2) is 7.11 Å². The van der Waals surface area contributed by atoms with Crippen LogP contribution in [0.1, 0.15) is 5.56 Å². The maximum Gasteiger partial charge on any atom is 0.127 e. The van der Waals surface area contributed by atoms with Crippen LogP contribution in [0, 0.1) is 5.82 Å². The van der Waals surface area contributed by atoms with E-state index in [1.165, 1.54) is 12.1 Å². The van der Waals surface area contributed by atoms with E-state index in [9.17, 15) is 4.39 Å². The van der Waals surface area contributed by atoms with E-state index in [2.05, 4.69) is 5.32 Å². The van der Waals surface area contributed by atoms with Gasteiger partial charge in [0.15, 0.2) is 0 Å². The minimum atomic E-state index is -0.344. The van der Waals surface area contributed by atoms with Crippen LogP contribution in [0.5, 0.6) is 5.75 Å². The molecule has 3 nitrogen and oxygen atoms in total. The van der Waals surface area contributed by atoms with Crippen LogP contribution in [-0.2, 0) is 6.54 Å². The summed E-state index contributed by atoms with van der Waals surface area (Å²) in [6, 6.07) is 12.1. The molecular weight excluding hydrogens is 231 g/mol. The predicted molar refractivity (Wildman–Crippen MR) is 71.1 cm³/mol. The number of methoxy groups -OCH3 is 1. The highest BCUT2D eigenvalue weighted by Crippen LogP contribution is 2.18. The molecule has 4 heteroatoms. The molecule has 18 heavy (non-hydrogen) atoms. The Bertz CT molecular complexity index is 523. The molecule has 0 bridgehead atoms. The van der Waals surface area contributed by atoms with Crippen molar-refractivity contribution in [3.8, 4) is 5.75 Å². The minimum absolute atomic E-state index is 0.344. The maximum atomic E-state index is 13.1. The summed E-state index contributed by atoms with van der Waals surface area (Å²) in [7, 11) is 1.62. The summed E-state index contributed by atoms with van der Waals surface area (Å²) in [5, 5.41) is 3.12. The highest BCUT2D eigenvalue weighted by Gasteiger charge is 1.99. The second-order valence-electron chi connectivity index (χ2n) is 3.98. The Labute approximate surface area is 105 Å². The Hall–Kier alpha value is -2.23. The van der Waals surface area contributed by atoms with Gasteiger partial charge in [-0.1, -0.05) is 12.1 Å². The third kappa shape index (κ3) is 3.13. The van der Waals surface area contributed by atoms with Crippen molar-refractivity contribution in [1.82, 2.24) is 0 Å². The van der Waals surface area contributed by atoms with Gasteiger partial charge in [-0.2, -0.15) is 0 Å². The van der Waals surface area contributed by atoms with Gasteiger partial charge in [0.05, 0.1) is 7.11 Å². The average Bonchev–Trinajstić information content (AvgIpc) is 2.35. The molecule has 3 N–H and O–H groups in total. The van der Waals surface area contributed by atoms with Gasteiger partial charge in [0, 0.05) is 17.9 Å². The molecule has 0 amide bonds. The number of nitrogens with two attached hydrogens (primary N) is 1. The van der Waals surface area contributed by atoms with E-state index in [1.54, 1.807) is 13.2 Å². The number of nitrogens with one attached hydrogen (secondary N) is 1. The molecule has 2 aromatic rings. The van der Waals surface area contributed by atoms with Crippen molar-refractivity contribution in [3.05, 3.63) is 53.8 Å². The lowest BCUT2D eigenvalue weighted by Gasteiger charge is -2.08. The van der Waals surface area contributed by atoms with Crippen LogP contribution in [0.25, 0.3) is 0 Å². The maximum absolute atomic E-state index is 13.1. The molecule has 2 aromatic carbocycles. The third-order valence-corrected chi connectivity index (χ3v) is 2.55. The zero-order valence-electron chi connectivity index (χ0n) is 10.1. The fourth-order valence-corrected chi connectivity index (χ4v) is 1.70. The Morgan fingerprint density at radius 2 is 2.06 bits per heavy atom. The van der Waals surface area contributed by atoms with Gasteiger partial charge < -0.3 is 15.8 Å². The number of nitrogen functional groups attached to an aromatic ring is 1. The number of benzene rings is 2. The largest absolute Gasteiger partial charge is 0.497 e.